The molecule has 1 saturated heterocycles. The minimum atomic E-state index is -1.99. The van der Waals surface area contributed by atoms with Crippen molar-refractivity contribution in [2.24, 2.45) is 11.8 Å². The second-order valence-electron chi connectivity index (χ2n) is 7.55. The molecule has 0 amide bonds. The van der Waals surface area contributed by atoms with Crippen LogP contribution in [0.25, 0.3) is 10.9 Å². The molecule has 1 aromatic carbocycles. The van der Waals surface area contributed by atoms with E-state index in [1.165, 1.54) is 0 Å². The Hall–Kier alpha value is -1.95. The number of aliphatic hydroxyl groups is 2. The highest BCUT2D eigenvalue weighted by Crippen LogP contribution is 2.36. The summed E-state index contributed by atoms with van der Waals surface area (Å²) in [4.78, 5) is 6.55. The first kappa shape index (κ1) is 19.8. The number of piperidine rings is 1. The Morgan fingerprint density at radius 2 is 2.19 bits per heavy atom. The number of rotatable bonds is 6. The predicted molar refractivity (Wildman–Crippen MR) is 108 cm³/mol. The second kappa shape index (κ2) is 7.97. The number of likely N-dealkylation sites (tertiary alicyclic amines) is 1. The summed E-state index contributed by atoms with van der Waals surface area (Å²) in [6.07, 6.45) is 5.27. The molecule has 146 valence electrons. The van der Waals surface area contributed by atoms with Crippen molar-refractivity contribution in [3.8, 4) is 5.75 Å². The van der Waals surface area contributed by atoms with Gasteiger partial charge in [-0.25, -0.2) is 0 Å². The molecular weight excluding hydrogens is 340 g/mol. The first-order valence-electron chi connectivity index (χ1n) is 9.66. The number of hydrogen-bond donors (Lipinski definition) is 2. The lowest BCUT2D eigenvalue weighted by molar-refractivity contribution is -0.220. The van der Waals surface area contributed by atoms with Crippen LogP contribution in [0.2, 0.25) is 0 Å². The van der Waals surface area contributed by atoms with Crippen LogP contribution in [0.5, 0.6) is 5.75 Å². The van der Waals surface area contributed by atoms with Gasteiger partial charge in [-0.15, -0.1) is 6.58 Å². The fourth-order valence-electron chi connectivity index (χ4n) is 4.27. The predicted octanol–water partition coefficient (Wildman–Crippen LogP) is 3.30. The number of ether oxygens (including phenoxy) is 1. The molecule has 5 heteroatoms. The molecule has 0 bridgehead atoms. The third-order valence-corrected chi connectivity index (χ3v) is 5.99. The molecular formula is C22H30N2O3. The van der Waals surface area contributed by atoms with Gasteiger partial charge in [0.2, 0.25) is 5.79 Å². The van der Waals surface area contributed by atoms with Gasteiger partial charge in [0.15, 0.2) is 0 Å². The summed E-state index contributed by atoms with van der Waals surface area (Å²) in [6, 6.07) is 6.76. The number of benzene rings is 1. The third-order valence-electron chi connectivity index (χ3n) is 5.99. The first-order valence-corrected chi connectivity index (χ1v) is 9.66. The minimum absolute atomic E-state index is 0.359. The Morgan fingerprint density at radius 3 is 2.85 bits per heavy atom. The highest BCUT2D eigenvalue weighted by Gasteiger charge is 2.42. The van der Waals surface area contributed by atoms with E-state index < -0.39 is 11.8 Å². The highest BCUT2D eigenvalue weighted by atomic mass is 16.5. The van der Waals surface area contributed by atoms with E-state index in [0.29, 0.717) is 40.5 Å². The number of pyridine rings is 1. The Bertz CT molecular complexity index is 805. The summed E-state index contributed by atoms with van der Waals surface area (Å²) >= 11 is 0. The minimum Gasteiger partial charge on any atom is -0.497 e. The van der Waals surface area contributed by atoms with Crippen molar-refractivity contribution in [2.75, 3.05) is 20.2 Å². The molecule has 2 aromatic rings. The van der Waals surface area contributed by atoms with E-state index in [1.807, 2.05) is 31.2 Å². The fraction of sp³-hybridized carbons (Fsp3) is 0.500. The van der Waals surface area contributed by atoms with Crippen LogP contribution in [0, 0.1) is 11.8 Å². The zero-order valence-electron chi connectivity index (χ0n) is 16.4. The van der Waals surface area contributed by atoms with Crippen LogP contribution in [0.15, 0.2) is 43.1 Å². The maximum absolute atomic E-state index is 11.3. The van der Waals surface area contributed by atoms with Gasteiger partial charge < -0.3 is 14.9 Å². The number of nitrogens with zero attached hydrogens (tertiary/aromatic N) is 2. The molecule has 1 aromatic heterocycles. The van der Waals surface area contributed by atoms with Crippen LogP contribution in [0.3, 0.4) is 0 Å². The van der Waals surface area contributed by atoms with Crippen LogP contribution in [-0.2, 0) is 5.79 Å². The molecule has 1 aliphatic rings. The Balaban J connectivity index is 2.01. The molecule has 0 radical (unpaired) electrons. The zero-order chi connectivity index (χ0) is 19.6. The second-order valence-corrected chi connectivity index (χ2v) is 7.55. The van der Waals surface area contributed by atoms with Gasteiger partial charge in [-0.05, 0) is 55.5 Å². The van der Waals surface area contributed by atoms with Crippen LogP contribution in [-0.4, -0.2) is 46.3 Å². The van der Waals surface area contributed by atoms with E-state index >= 15 is 0 Å². The van der Waals surface area contributed by atoms with Crippen molar-refractivity contribution in [3.05, 3.63) is 48.7 Å². The standard InChI is InChI=1S/C22H30N2O3/c1-5-16-14-24(12-10-15(16)3)21(6-2)22(25,26)19-9-11-23-20-8-7-17(27-4)13-18(19)20/h5,7-9,11,13,15-16,21,25-26H,1,6,10,12,14H2,2-4H3. The molecule has 0 saturated carbocycles. The lowest BCUT2D eigenvalue weighted by Crippen LogP contribution is -2.54. The normalized spacial score (nSPS) is 22.6. The van der Waals surface area contributed by atoms with Gasteiger partial charge >= 0.3 is 0 Å². The molecule has 2 heterocycles. The van der Waals surface area contributed by atoms with E-state index in [2.05, 4.69) is 23.4 Å². The maximum atomic E-state index is 11.3. The van der Waals surface area contributed by atoms with E-state index in [9.17, 15) is 10.2 Å². The smallest absolute Gasteiger partial charge is 0.206 e. The van der Waals surface area contributed by atoms with Crippen molar-refractivity contribution in [3.63, 3.8) is 0 Å². The molecule has 3 rings (SSSR count). The lowest BCUT2D eigenvalue weighted by atomic mass is 9.84. The van der Waals surface area contributed by atoms with E-state index in [-0.39, 0.29) is 0 Å². The molecule has 1 aliphatic heterocycles. The lowest BCUT2D eigenvalue weighted by Gasteiger charge is -2.44. The van der Waals surface area contributed by atoms with Crippen molar-refractivity contribution in [1.29, 1.82) is 0 Å². The molecule has 5 nitrogen and oxygen atoms in total. The molecule has 2 N–H and O–H groups in total. The Kier molecular flexibility index (Phi) is 5.84. The van der Waals surface area contributed by atoms with Crippen molar-refractivity contribution in [2.45, 2.75) is 38.5 Å². The first-order chi connectivity index (χ1) is 12.9. The van der Waals surface area contributed by atoms with Gasteiger partial charge in [0.25, 0.3) is 0 Å². The molecule has 0 aliphatic carbocycles. The van der Waals surface area contributed by atoms with Gasteiger partial charge in [0.1, 0.15) is 5.75 Å². The number of methoxy groups -OCH3 is 1. The Labute approximate surface area is 161 Å². The molecule has 0 spiro atoms. The van der Waals surface area contributed by atoms with Crippen LogP contribution < -0.4 is 4.74 Å². The van der Waals surface area contributed by atoms with Gasteiger partial charge in [-0.2, -0.15) is 0 Å². The monoisotopic (exact) mass is 370 g/mol. The molecule has 27 heavy (non-hydrogen) atoms. The average Bonchev–Trinajstić information content (AvgIpc) is 2.68. The molecule has 3 unspecified atom stereocenters. The van der Waals surface area contributed by atoms with Gasteiger partial charge in [-0.1, -0.05) is 19.9 Å². The van der Waals surface area contributed by atoms with E-state index in [4.69, 9.17) is 4.74 Å². The summed E-state index contributed by atoms with van der Waals surface area (Å²) < 4.78 is 5.32. The average molecular weight is 370 g/mol. The van der Waals surface area contributed by atoms with Crippen molar-refractivity contribution >= 4 is 10.9 Å². The van der Waals surface area contributed by atoms with Crippen molar-refractivity contribution < 1.29 is 14.9 Å². The SMILES string of the molecule is C=CC1CN(C(CC)C(O)(O)c2ccnc3ccc(OC)cc23)CCC1C. The van der Waals surface area contributed by atoms with Gasteiger partial charge in [0.05, 0.1) is 18.7 Å². The van der Waals surface area contributed by atoms with Crippen molar-refractivity contribution in [1.82, 2.24) is 9.88 Å². The fourth-order valence-corrected chi connectivity index (χ4v) is 4.27. The summed E-state index contributed by atoms with van der Waals surface area (Å²) in [5.74, 6) is -0.403. The summed E-state index contributed by atoms with van der Waals surface area (Å²) in [5.41, 5.74) is 1.18. The van der Waals surface area contributed by atoms with E-state index in [1.54, 1.807) is 19.4 Å². The van der Waals surface area contributed by atoms with Gasteiger partial charge in [-0.3, -0.25) is 9.88 Å². The molecule has 1 fully saturated rings. The van der Waals surface area contributed by atoms with Crippen LogP contribution in [0.1, 0.15) is 32.3 Å². The summed E-state index contributed by atoms with van der Waals surface area (Å²) in [7, 11) is 1.60. The Morgan fingerprint density at radius 1 is 1.41 bits per heavy atom. The maximum Gasteiger partial charge on any atom is 0.206 e. The molecule has 3 atom stereocenters. The number of fused-ring (bicyclic) bond motifs is 1. The zero-order valence-corrected chi connectivity index (χ0v) is 16.4. The highest BCUT2D eigenvalue weighted by molar-refractivity contribution is 5.84. The quantitative estimate of drug-likeness (QED) is 0.603. The van der Waals surface area contributed by atoms with Crippen LogP contribution in [0.4, 0.5) is 0 Å². The van der Waals surface area contributed by atoms with Crippen LogP contribution >= 0.6 is 0 Å². The van der Waals surface area contributed by atoms with Gasteiger partial charge in [0, 0.05) is 23.7 Å². The largest absolute Gasteiger partial charge is 0.497 e. The van der Waals surface area contributed by atoms with E-state index in [0.717, 1.165) is 19.5 Å². The topological polar surface area (TPSA) is 65.8 Å². The number of aromatic nitrogens is 1. The number of hydrogen-bond acceptors (Lipinski definition) is 5. The third kappa shape index (κ3) is 3.72. The summed E-state index contributed by atoms with van der Waals surface area (Å²) in [5, 5.41) is 23.3. The summed E-state index contributed by atoms with van der Waals surface area (Å²) in [6.45, 7) is 9.83.